The summed E-state index contributed by atoms with van der Waals surface area (Å²) >= 11 is 1.55. The lowest BCUT2D eigenvalue weighted by Crippen LogP contribution is -2.17. The summed E-state index contributed by atoms with van der Waals surface area (Å²) in [6, 6.07) is 15.5. The Hall–Kier alpha value is -3.52. The van der Waals surface area contributed by atoms with Gasteiger partial charge in [0.15, 0.2) is 0 Å². The van der Waals surface area contributed by atoms with Gasteiger partial charge in [0.25, 0.3) is 5.91 Å². The van der Waals surface area contributed by atoms with Crippen LogP contribution >= 0.6 is 11.3 Å². The van der Waals surface area contributed by atoms with E-state index in [1.807, 2.05) is 66.4 Å². The zero-order chi connectivity index (χ0) is 19.5. The fraction of sp³-hybridized carbons (Fsp3) is 0.100. The number of nitrogens with zero attached hydrogens (tertiary/aromatic N) is 4. The highest BCUT2D eigenvalue weighted by molar-refractivity contribution is 7.11. The molecule has 140 valence electrons. The van der Waals surface area contributed by atoms with Crippen LogP contribution in [0.15, 0.2) is 59.0 Å². The summed E-state index contributed by atoms with van der Waals surface area (Å²) in [5.41, 5.74) is 7.20. The Balaban J connectivity index is 1.56. The van der Waals surface area contributed by atoms with E-state index in [1.54, 1.807) is 23.6 Å². The first kappa shape index (κ1) is 17.9. The number of nitrogens with one attached hydrogen (secondary N) is 2. The lowest BCUT2D eigenvalue weighted by Gasteiger charge is -2.04. The maximum atomic E-state index is 12.3. The van der Waals surface area contributed by atoms with Gasteiger partial charge in [-0.3, -0.25) is 9.89 Å². The van der Waals surface area contributed by atoms with E-state index in [-0.39, 0.29) is 5.91 Å². The highest BCUT2D eigenvalue weighted by Gasteiger charge is 2.18. The molecule has 3 aromatic heterocycles. The van der Waals surface area contributed by atoms with Gasteiger partial charge in [0, 0.05) is 10.4 Å². The molecule has 0 aliphatic rings. The minimum Gasteiger partial charge on any atom is -0.272 e. The molecule has 0 fully saturated rings. The summed E-state index contributed by atoms with van der Waals surface area (Å²) in [5.74, 6) is -0.350. The number of hydrogen-bond acceptors (Lipinski definition) is 5. The second-order valence-electron chi connectivity index (χ2n) is 6.17. The molecule has 0 atom stereocenters. The maximum Gasteiger partial charge on any atom is 0.289 e. The van der Waals surface area contributed by atoms with Crippen LogP contribution in [0, 0.1) is 13.8 Å². The number of aromatic amines is 1. The molecule has 1 amide bonds. The minimum atomic E-state index is -0.350. The van der Waals surface area contributed by atoms with Crippen LogP contribution in [0.2, 0.25) is 0 Å². The van der Waals surface area contributed by atoms with E-state index >= 15 is 0 Å². The zero-order valence-corrected chi connectivity index (χ0v) is 16.2. The van der Waals surface area contributed by atoms with Crippen molar-refractivity contribution in [2.75, 3.05) is 0 Å². The molecule has 2 N–H and O–H groups in total. The van der Waals surface area contributed by atoms with Gasteiger partial charge < -0.3 is 0 Å². The molecule has 0 bridgehead atoms. The molecule has 0 aliphatic heterocycles. The van der Waals surface area contributed by atoms with Gasteiger partial charge in [-0.25, -0.2) is 10.1 Å². The number of H-pyrrole nitrogens is 1. The Morgan fingerprint density at radius 3 is 2.79 bits per heavy atom. The topological polar surface area (TPSA) is 88.0 Å². The molecular weight excluding hydrogens is 372 g/mol. The second kappa shape index (κ2) is 7.61. The summed E-state index contributed by atoms with van der Waals surface area (Å²) < 4.78 is 1.88. The molecule has 3 heterocycles. The number of benzene rings is 1. The van der Waals surface area contributed by atoms with Crippen molar-refractivity contribution in [3.05, 3.63) is 75.9 Å². The SMILES string of the molecule is Cc1nn(-c2ccccc2)c(C)c1-c1cc(C(=O)N/N=C\c2cccs2)[nH]n1. The normalized spacial score (nSPS) is 11.2. The number of carbonyl (C=O) groups excluding carboxylic acids is 1. The van der Waals surface area contributed by atoms with Gasteiger partial charge in [0.1, 0.15) is 5.69 Å². The Labute approximate surface area is 165 Å². The molecule has 0 saturated heterocycles. The van der Waals surface area contributed by atoms with Crippen molar-refractivity contribution in [1.29, 1.82) is 0 Å². The van der Waals surface area contributed by atoms with E-state index < -0.39 is 0 Å². The third-order valence-electron chi connectivity index (χ3n) is 4.27. The van der Waals surface area contributed by atoms with Gasteiger partial charge in [0.05, 0.1) is 29.0 Å². The lowest BCUT2D eigenvalue weighted by atomic mass is 10.1. The first-order chi connectivity index (χ1) is 13.6. The Bertz CT molecular complexity index is 1130. The summed E-state index contributed by atoms with van der Waals surface area (Å²) in [6.07, 6.45) is 1.61. The first-order valence-corrected chi connectivity index (χ1v) is 9.56. The van der Waals surface area contributed by atoms with Gasteiger partial charge >= 0.3 is 0 Å². The van der Waals surface area contributed by atoms with E-state index in [2.05, 4.69) is 25.8 Å². The van der Waals surface area contributed by atoms with E-state index in [4.69, 9.17) is 0 Å². The number of hydrogen-bond donors (Lipinski definition) is 2. The molecule has 0 unspecified atom stereocenters. The fourth-order valence-corrected chi connectivity index (χ4v) is 3.56. The van der Waals surface area contributed by atoms with Crippen LogP contribution in [0.3, 0.4) is 0 Å². The number of aryl methyl sites for hydroxylation is 1. The predicted octanol–water partition coefficient (Wildman–Crippen LogP) is 3.70. The molecular formula is C20H18N6OS. The number of amides is 1. The lowest BCUT2D eigenvalue weighted by molar-refractivity contribution is 0.0950. The zero-order valence-electron chi connectivity index (χ0n) is 15.4. The Morgan fingerprint density at radius 1 is 1.21 bits per heavy atom. The van der Waals surface area contributed by atoms with E-state index in [0.717, 1.165) is 27.5 Å². The minimum absolute atomic E-state index is 0.338. The van der Waals surface area contributed by atoms with E-state index in [1.165, 1.54) is 0 Å². The van der Waals surface area contributed by atoms with Gasteiger partial charge in [-0.1, -0.05) is 24.3 Å². The van der Waals surface area contributed by atoms with Crippen LogP contribution in [-0.4, -0.2) is 32.1 Å². The molecule has 4 rings (SSSR count). The smallest absolute Gasteiger partial charge is 0.272 e. The van der Waals surface area contributed by atoms with E-state index in [9.17, 15) is 4.79 Å². The maximum absolute atomic E-state index is 12.3. The van der Waals surface area contributed by atoms with Gasteiger partial charge in [-0.15, -0.1) is 11.3 Å². The van der Waals surface area contributed by atoms with Crippen molar-refractivity contribution < 1.29 is 4.79 Å². The summed E-state index contributed by atoms with van der Waals surface area (Å²) in [5, 5.41) is 17.6. The molecule has 7 nitrogen and oxygen atoms in total. The van der Waals surface area contributed by atoms with Crippen LogP contribution in [0.1, 0.15) is 26.8 Å². The van der Waals surface area contributed by atoms with Gasteiger partial charge in [-0.05, 0) is 43.5 Å². The number of thiophene rings is 1. The molecule has 0 spiro atoms. The number of carbonyl (C=O) groups is 1. The number of aromatic nitrogens is 4. The highest BCUT2D eigenvalue weighted by atomic mass is 32.1. The van der Waals surface area contributed by atoms with Crippen molar-refractivity contribution >= 4 is 23.5 Å². The molecule has 28 heavy (non-hydrogen) atoms. The Kier molecular flexibility index (Phi) is 4.86. The third-order valence-corrected chi connectivity index (χ3v) is 5.08. The molecule has 8 heteroatoms. The number of hydrazone groups is 1. The highest BCUT2D eigenvalue weighted by Crippen LogP contribution is 2.27. The first-order valence-electron chi connectivity index (χ1n) is 8.68. The summed E-state index contributed by atoms with van der Waals surface area (Å²) in [4.78, 5) is 13.3. The molecule has 1 aromatic carbocycles. The van der Waals surface area contributed by atoms with Crippen LogP contribution in [0.5, 0.6) is 0 Å². The average molecular weight is 390 g/mol. The molecule has 4 aromatic rings. The third kappa shape index (κ3) is 3.49. The quantitative estimate of drug-likeness (QED) is 0.402. The van der Waals surface area contributed by atoms with Crippen LogP contribution in [-0.2, 0) is 0 Å². The van der Waals surface area contributed by atoms with Crippen molar-refractivity contribution in [2.45, 2.75) is 13.8 Å². The van der Waals surface area contributed by atoms with Gasteiger partial charge in [0.2, 0.25) is 0 Å². The van der Waals surface area contributed by atoms with Crippen LogP contribution in [0.25, 0.3) is 16.9 Å². The number of para-hydroxylation sites is 1. The summed E-state index contributed by atoms with van der Waals surface area (Å²) in [6.45, 7) is 3.92. The van der Waals surface area contributed by atoms with Crippen LogP contribution < -0.4 is 5.43 Å². The van der Waals surface area contributed by atoms with E-state index in [0.29, 0.717) is 11.4 Å². The van der Waals surface area contributed by atoms with Gasteiger partial charge in [-0.2, -0.15) is 15.3 Å². The average Bonchev–Trinajstić information content (AvgIpc) is 3.43. The Morgan fingerprint density at radius 2 is 2.04 bits per heavy atom. The monoisotopic (exact) mass is 390 g/mol. The molecule has 0 saturated carbocycles. The molecule has 0 aliphatic carbocycles. The van der Waals surface area contributed by atoms with Crippen molar-refractivity contribution in [3.8, 4) is 16.9 Å². The van der Waals surface area contributed by atoms with Crippen molar-refractivity contribution in [2.24, 2.45) is 5.10 Å². The van der Waals surface area contributed by atoms with Crippen molar-refractivity contribution in [1.82, 2.24) is 25.4 Å². The molecule has 0 radical (unpaired) electrons. The summed E-state index contributed by atoms with van der Waals surface area (Å²) in [7, 11) is 0. The predicted molar refractivity (Wildman–Crippen MR) is 110 cm³/mol. The number of rotatable bonds is 5. The largest absolute Gasteiger partial charge is 0.289 e. The standard InChI is InChI=1S/C20H18N6OS/c1-13-19(14(2)26(25-13)15-7-4-3-5-8-15)17-11-18(23-22-17)20(27)24-21-12-16-9-6-10-28-16/h3-12H,1-2H3,(H,22,23)(H,24,27)/b21-12-. The van der Waals surface area contributed by atoms with Crippen molar-refractivity contribution in [3.63, 3.8) is 0 Å². The van der Waals surface area contributed by atoms with Crippen LogP contribution in [0.4, 0.5) is 0 Å². The second-order valence-corrected chi connectivity index (χ2v) is 7.15. The fourth-order valence-electron chi connectivity index (χ4n) is 2.98.